The van der Waals surface area contributed by atoms with Gasteiger partial charge in [-0.3, -0.25) is 4.98 Å². The zero-order valence-electron chi connectivity index (χ0n) is 10.8. The standard InChI is InChI=1S/C15H12IN3O/c1-9-4-2-6-11(13(9)16)14-12(15(17)20-19-14)10-5-3-7-18-8-10/h2-8H,17H2,1H3. The monoisotopic (exact) mass is 377 g/mol. The molecule has 0 aliphatic rings. The molecular weight excluding hydrogens is 365 g/mol. The summed E-state index contributed by atoms with van der Waals surface area (Å²) in [7, 11) is 0. The Labute approximate surface area is 130 Å². The van der Waals surface area contributed by atoms with Gasteiger partial charge in [-0.15, -0.1) is 0 Å². The normalized spacial score (nSPS) is 10.7. The summed E-state index contributed by atoms with van der Waals surface area (Å²) in [4.78, 5) is 4.13. The van der Waals surface area contributed by atoms with Crippen LogP contribution in [0.1, 0.15) is 5.56 Å². The third kappa shape index (κ3) is 2.18. The topological polar surface area (TPSA) is 64.9 Å². The molecule has 0 amide bonds. The molecule has 0 radical (unpaired) electrons. The Balaban J connectivity index is 2.24. The first kappa shape index (κ1) is 13.1. The minimum atomic E-state index is 0.310. The zero-order valence-corrected chi connectivity index (χ0v) is 13.0. The fourth-order valence-corrected chi connectivity index (χ4v) is 2.72. The minimum Gasteiger partial charge on any atom is -0.367 e. The largest absolute Gasteiger partial charge is 0.367 e. The van der Waals surface area contributed by atoms with Crippen LogP contribution in [0.5, 0.6) is 0 Å². The summed E-state index contributed by atoms with van der Waals surface area (Å²) in [6, 6.07) is 9.91. The van der Waals surface area contributed by atoms with E-state index in [9.17, 15) is 0 Å². The van der Waals surface area contributed by atoms with Gasteiger partial charge in [0.15, 0.2) is 0 Å². The number of nitrogens with zero attached hydrogens (tertiary/aromatic N) is 2. The van der Waals surface area contributed by atoms with E-state index < -0.39 is 0 Å². The van der Waals surface area contributed by atoms with Gasteiger partial charge in [0.2, 0.25) is 5.88 Å². The smallest absolute Gasteiger partial charge is 0.230 e. The van der Waals surface area contributed by atoms with Gasteiger partial charge in [-0.25, -0.2) is 0 Å². The molecule has 0 atom stereocenters. The number of nitrogen functional groups attached to an aromatic ring is 1. The van der Waals surface area contributed by atoms with Crippen LogP contribution in [0.3, 0.4) is 0 Å². The van der Waals surface area contributed by atoms with E-state index in [-0.39, 0.29) is 0 Å². The molecule has 3 rings (SSSR count). The molecule has 0 unspecified atom stereocenters. The van der Waals surface area contributed by atoms with Crippen LogP contribution in [0.15, 0.2) is 47.2 Å². The number of hydrogen-bond donors (Lipinski definition) is 1. The second-order valence-electron chi connectivity index (χ2n) is 4.45. The van der Waals surface area contributed by atoms with Gasteiger partial charge in [-0.1, -0.05) is 29.4 Å². The summed E-state index contributed by atoms with van der Waals surface area (Å²) in [5.74, 6) is 0.310. The molecule has 4 nitrogen and oxygen atoms in total. The molecule has 0 aliphatic heterocycles. The number of hydrogen-bond acceptors (Lipinski definition) is 4. The number of aromatic nitrogens is 2. The van der Waals surface area contributed by atoms with E-state index in [0.29, 0.717) is 5.88 Å². The SMILES string of the molecule is Cc1cccc(-c2noc(N)c2-c2cccnc2)c1I. The molecule has 2 N–H and O–H groups in total. The van der Waals surface area contributed by atoms with E-state index in [1.165, 1.54) is 5.56 Å². The molecule has 2 aromatic heterocycles. The minimum absolute atomic E-state index is 0.310. The maximum Gasteiger partial charge on any atom is 0.230 e. The Bertz CT molecular complexity index is 753. The molecule has 5 heteroatoms. The van der Waals surface area contributed by atoms with Crippen molar-refractivity contribution in [2.24, 2.45) is 0 Å². The Morgan fingerprint density at radius 3 is 2.80 bits per heavy atom. The lowest BCUT2D eigenvalue weighted by molar-refractivity contribution is 0.439. The van der Waals surface area contributed by atoms with Crippen molar-refractivity contribution in [3.8, 4) is 22.4 Å². The Kier molecular flexibility index (Phi) is 3.43. The highest BCUT2D eigenvalue weighted by atomic mass is 127. The predicted octanol–water partition coefficient (Wildman–Crippen LogP) is 3.90. The van der Waals surface area contributed by atoms with Crippen molar-refractivity contribution < 1.29 is 4.52 Å². The average Bonchev–Trinajstić information content (AvgIpc) is 2.84. The van der Waals surface area contributed by atoms with Gasteiger partial charge in [0.1, 0.15) is 5.69 Å². The maximum absolute atomic E-state index is 5.94. The summed E-state index contributed by atoms with van der Waals surface area (Å²) in [6.45, 7) is 2.07. The number of halogens is 1. The molecule has 0 aliphatic carbocycles. The zero-order chi connectivity index (χ0) is 14.1. The maximum atomic E-state index is 5.94. The number of benzene rings is 1. The van der Waals surface area contributed by atoms with Gasteiger partial charge in [-0.05, 0) is 41.1 Å². The molecule has 1 aromatic carbocycles. The molecule has 3 aromatic rings. The van der Waals surface area contributed by atoms with Crippen molar-refractivity contribution in [3.05, 3.63) is 51.9 Å². The average molecular weight is 377 g/mol. The van der Waals surface area contributed by atoms with Gasteiger partial charge >= 0.3 is 0 Å². The van der Waals surface area contributed by atoms with Crippen LogP contribution in [0.2, 0.25) is 0 Å². The van der Waals surface area contributed by atoms with Gasteiger partial charge < -0.3 is 10.3 Å². The van der Waals surface area contributed by atoms with E-state index in [1.807, 2.05) is 24.3 Å². The van der Waals surface area contributed by atoms with E-state index >= 15 is 0 Å². The molecule has 0 fully saturated rings. The number of aryl methyl sites for hydroxylation is 1. The third-order valence-corrected chi connectivity index (χ3v) is 4.55. The summed E-state index contributed by atoms with van der Waals surface area (Å²) in [5.41, 5.74) is 10.6. The second kappa shape index (κ2) is 5.24. The first-order chi connectivity index (χ1) is 9.68. The molecule has 0 spiro atoms. The lowest BCUT2D eigenvalue weighted by Crippen LogP contribution is -1.91. The van der Waals surface area contributed by atoms with Crippen LogP contribution < -0.4 is 5.73 Å². The highest BCUT2D eigenvalue weighted by molar-refractivity contribution is 14.1. The Morgan fingerprint density at radius 2 is 2.05 bits per heavy atom. The quantitative estimate of drug-likeness (QED) is 0.688. The van der Waals surface area contributed by atoms with Crippen LogP contribution in [0.25, 0.3) is 22.4 Å². The molecule has 100 valence electrons. The summed E-state index contributed by atoms with van der Waals surface area (Å²) >= 11 is 2.32. The van der Waals surface area contributed by atoms with Gasteiger partial charge in [0.05, 0.1) is 5.56 Å². The highest BCUT2D eigenvalue weighted by Crippen LogP contribution is 2.38. The fraction of sp³-hybridized carbons (Fsp3) is 0.0667. The van der Waals surface area contributed by atoms with E-state index in [2.05, 4.69) is 45.7 Å². The molecule has 0 saturated carbocycles. The van der Waals surface area contributed by atoms with Crippen molar-refractivity contribution in [3.63, 3.8) is 0 Å². The van der Waals surface area contributed by atoms with Crippen molar-refractivity contribution >= 4 is 28.5 Å². The van der Waals surface area contributed by atoms with E-state index in [4.69, 9.17) is 10.3 Å². The third-order valence-electron chi connectivity index (χ3n) is 3.12. The number of nitrogens with two attached hydrogens (primary N) is 1. The van der Waals surface area contributed by atoms with Crippen LogP contribution in [-0.4, -0.2) is 10.1 Å². The van der Waals surface area contributed by atoms with Crippen LogP contribution >= 0.6 is 22.6 Å². The van der Waals surface area contributed by atoms with Crippen LogP contribution in [0.4, 0.5) is 5.88 Å². The van der Waals surface area contributed by atoms with Gasteiger partial charge in [0.25, 0.3) is 0 Å². The number of rotatable bonds is 2. The summed E-state index contributed by atoms with van der Waals surface area (Å²) in [5, 5.41) is 4.13. The lowest BCUT2D eigenvalue weighted by Gasteiger charge is -2.06. The van der Waals surface area contributed by atoms with Crippen molar-refractivity contribution in [1.29, 1.82) is 0 Å². The second-order valence-corrected chi connectivity index (χ2v) is 5.53. The predicted molar refractivity (Wildman–Crippen MR) is 87.0 cm³/mol. The molecule has 0 saturated heterocycles. The molecule has 0 bridgehead atoms. The number of anilines is 1. The molecule has 2 heterocycles. The number of pyridine rings is 1. The lowest BCUT2D eigenvalue weighted by atomic mass is 10.0. The van der Waals surface area contributed by atoms with Crippen LogP contribution in [-0.2, 0) is 0 Å². The highest BCUT2D eigenvalue weighted by Gasteiger charge is 2.19. The first-order valence-electron chi connectivity index (χ1n) is 6.09. The van der Waals surface area contributed by atoms with Crippen molar-refractivity contribution in [2.75, 3.05) is 5.73 Å². The Morgan fingerprint density at radius 1 is 1.20 bits per heavy atom. The van der Waals surface area contributed by atoms with Gasteiger partial charge in [-0.2, -0.15) is 0 Å². The van der Waals surface area contributed by atoms with E-state index in [1.54, 1.807) is 12.4 Å². The van der Waals surface area contributed by atoms with Crippen molar-refractivity contribution in [2.45, 2.75) is 6.92 Å². The Hall–Kier alpha value is -1.89. The molecular formula is C15H12IN3O. The van der Waals surface area contributed by atoms with E-state index in [0.717, 1.165) is 26.0 Å². The van der Waals surface area contributed by atoms with Crippen LogP contribution in [0, 0.1) is 10.5 Å². The molecule has 20 heavy (non-hydrogen) atoms. The summed E-state index contributed by atoms with van der Waals surface area (Å²) < 4.78 is 6.34. The van der Waals surface area contributed by atoms with Gasteiger partial charge in [0, 0.05) is 27.1 Å². The fourth-order valence-electron chi connectivity index (χ4n) is 2.11. The van der Waals surface area contributed by atoms with Crippen molar-refractivity contribution in [1.82, 2.24) is 10.1 Å². The summed E-state index contributed by atoms with van der Waals surface area (Å²) in [6.07, 6.45) is 3.48. The first-order valence-corrected chi connectivity index (χ1v) is 7.17.